The highest BCUT2D eigenvalue weighted by Crippen LogP contribution is 2.19. The lowest BCUT2D eigenvalue weighted by molar-refractivity contribution is -0.144. The summed E-state index contributed by atoms with van der Waals surface area (Å²) in [6.45, 7) is 1.63. The van der Waals surface area contributed by atoms with Gasteiger partial charge < -0.3 is 9.15 Å². The molecular formula is C13H13F2NO4. The molecule has 0 aliphatic rings. The minimum absolute atomic E-state index is 0.116. The molecule has 1 aromatic carbocycles. The predicted octanol–water partition coefficient (Wildman–Crippen LogP) is 2.22. The smallest absolute Gasteiger partial charge is 0.420 e. The Hall–Kier alpha value is -2.18. The number of aromatic nitrogens is 1. The highest BCUT2D eigenvalue weighted by atomic mass is 19.2. The van der Waals surface area contributed by atoms with Crippen molar-refractivity contribution in [1.29, 1.82) is 0 Å². The Kier molecular flexibility index (Phi) is 4.16. The average molecular weight is 285 g/mol. The number of carbonyl (C=O) groups excluding carboxylic acids is 1. The first kappa shape index (κ1) is 14.2. The van der Waals surface area contributed by atoms with Gasteiger partial charge in [-0.15, -0.1) is 0 Å². The van der Waals surface area contributed by atoms with E-state index in [1.165, 1.54) is 0 Å². The standard InChI is InChI=1S/C13H13F2NO4/c1-2-3-6-19-10(17)7-16-12-9(20-13(16)18)5-4-8(14)11(12)15/h4-5H,2-3,6-7H2,1H3. The lowest BCUT2D eigenvalue weighted by Crippen LogP contribution is -2.22. The van der Waals surface area contributed by atoms with Crippen LogP contribution in [-0.4, -0.2) is 17.1 Å². The van der Waals surface area contributed by atoms with Gasteiger partial charge in [-0.05, 0) is 18.6 Å². The van der Waals surface area contributed by atoms with Crippen LogP contribution in [0.1, 0.15) is 19.8 Å². The molecule has 0 radical (unpaired) electrons. The van der Waals surface area contributed by atoms with Crippen LogP contribution in [0.2, 0.25) is 0 Å². The van der Waals surface area contributed by atoms with Gasteiger partial charge in [0.1, 0.15) is 12.1 Å². The van der Waals surface area contributed by atoms with E-state index in [2.05, 4.69) is 0 Å². The molecule has 0 unspecified atom stereocenters. The van der Waals surface area contributed by atoms with Crippen molar-refractivity contribution in [3.63, 3.8) is 0 Å². The number of oxazole rings is 1. The van der Waals surface area contributed by atoms with E-state index in [9.17, 15) is 18.4 Å². The minimum atomic E-state index is -1.23. The Bertz CT molecular complexity index is 689. The van der Waals surface area contributed by atoms with Crippen LogP contribution in [0.5, 0.6) is 0 Å². The highest BCUT2D eigenvalue weighted by Gasteiger charge is 2.19. The van der Waals surface area contributed by atoms with Gasteiger partial charge in [-0.3, -0.25) is 9.36 Å². The number of carbonyl (C=O) groups is 1. The zero-order chi connectivity index (χ0) is 14.7. The Morgan fingerprint density at radius 2 is 2.15 bits per heavy atom. The number of hydrogen-bond acceptors (Lipinski definition) is 4. The predicted molar refractivity (Wildman–Crippen MR) is 66.3 cm³/mol. The largest absolute Gasteiger partial charge is 0.464 e. The summed E-state index contributed by atoms with van der Waals surface area (Å²) < 4.78 is 37.2. The number of benzene rings is 1. The van der Waals surface area contributed by atoms with E-state index >= 15 is 0 Å². The van der Waals surface area contributed by atoms with Gasteiger partial charge in [0, 0.05) is 0 Å². The third-order valence-corrected chi connectivity index (χ3v) is 2.77. The van der Waals surface area contributed by atoms with Crippen LogP contribution < -0.4 is 5.76 Å². The van der Waals surface area contributed by atoms with E-state index in [4.69, 9.17) is 9.15 Å². The summed E-state index contributed by atoms with van der Waals surface area (Å²) in [5.74, 6) is -3.98. The van der Waals surface area contributed by atoms with E-state index in [1.54, 1.807) is 0 Å². The van der Waals surface area contributed by atoms with E-state index in [-0.39, 0.29) is 17.7 Å². The SMILES string of the molecule is CCCCOC(=O)Cn1c(=O)oc2ccc(F)c(F)c21. The average Bonchev–Trinajstić information content (AvgIpc) is 2.72. The van der Waals surface area contributed by atoms with Crippen LogP contribution in [0.25, 0.3) is 11.1 Å². The summed E-state index contributed by atoms with van der Waals surface area (Å²) >= 11 is 0. The van der Waals surface area contributed by atoms with Gasteiger partial charge in [0.2, 0.25) is 0 Å². The molecule has 0 saturated heterocycles. The summed E-state index contributed by atoms with van der Waals surface area (Å²) in [5, 5.41) is 0. The molecule has 1 aromatic heterocycles. The van der Waals surface area contributed by atoms with Crippen LogP contribution >= 0.6 is 0 Å². The van der Waals surface area contributed by atoms with Crippen molar-refractivity contribution in [3.8, 4) is 0 Å². The van der Waals surface area contributed by atoms with Crippen molar-refractivity contribution in [2.75, 3.05) is 6.61 Å². The monoisotopic (exact) mass is 285 g/mol. The van der Waals surface area contributed by atoms with Gasteiger partial charge in [-0.2, -0.15) is 0 Å². The maximum atomic E-state index is 13.7. The molecule has 0 bridgehead atoms. The van der Waals surface area contributed by atoms with Crippen molar-refractivity contribution in [3.05, 3.63) is 34.3 Å². The number of rotatable bonds is 5. The molecule has 0 amide bonds. The highest BCUT2D eigenvalue weighted by molar-refractivity contribution is 5.77. The van der Waals surface area contributed by atoms with Crippen LogP contribution in [0.4, 0.5) is 8.78 Å². The molecule has 2 aromatic rings. The normalized spacial score (nSPS) is 10.9. The van der Waals surface area contributed by atoms with Crippen LogP contribution in [0.3, 0.4) is 0 Å². The maximum absolute atomic E-state index is 13.7. The topological polar surface area (TPSA) is 61.4 Å². The lowest BCUT2D eigenvalue weighted by atomic mass is 10.3. The second kappa shape index (κ2) is 5.85. The molecule has 0 N–H and O–H groups in total. The number of nitrogens with zero attached hydrogens (tertiary/aromatic N) is 1. The molecule has 108 valence electrons. The van der Waals surface area contributed by atoms with E-state index < -0.39 is 29.9 Å². The Labute approximate surface area is 112 Å². The van der Waals surface area contributed by atoms with Gasteiger partial charge in [0.15, 0.2) is 17.2 Å². The van der Waals surface area contributed by atoms with Crippen molar-refractivity contribution >= 4 is 17.1 Å². The van der Waals surface area contributed by atoms with Gasteiger partial charge in [0.25, 0.3) is 0 Å². The first-order valence-corrected chi connectivity index (χ1v) is 6.17. The Balaban J connectivity index is 2.30. The summed E-state index contributed by atoms with van der Waals surface area (Å²) in [6.07, 6.45) is 1.54. The molecule has 0 spiro atoms. The fraction of sp³-hybridized carbons (Fsp3) is 0.385. The number of ether oxygens (including phenoxy) is 1. The quantitative estimate of drug-likeness (QED) is 0.624. The third kappa shape index (κ3) is 2.71. The van der Waals surface area contributed by atoms with Crippen molar-refractivity contribution in [2.24, 2.45) is 0 Å². The second-order valence-corrected chi connectivity index (χ2v) is 4.24. The van der Waals surface area contributed by atoms with Crippen molar-refractivity contribution in [2.45, 2.75) is 26.3 Å². The van der Waals surface area contributed by atoms with Crippen LogP contribution in [0.15, 0.2) is 21.3 Å². The molecule has 20 heavy (non-hydrogen) atoms. The number of halogens is 2. The number of unbranched alkanes of at least 4 members (excludes halogenated alkanes) is 1. The molecule has 0 fully saturated rings. The molecule has 0 aliphatic heterocycles. The van der Waals surface area contributed by atoms with Crippen LogP contribution in [0, 0.1) is 11.6 Å². The fourth-order valence-corrected chi connectivity index (χ4v) is 1.75. The zero-order valence-corrected chi connectivity index (χ0v) is 10.8. The fourth-order valence-electron chi connectivity index (χ4n) is 1.75. The first-order chi connectivity index (χ1) is 9.54. The lowest BCUT2D eigenvalue weighted by Gasteiger charge is -2.04. The molecule has 2 rings (SSSR count). The number of fused-ring (bicyclic) bond motifs is 1. The number of hydrogen-bond donors (Lipinski definition) is 0. The maximum Gasteiger partial charge on any atom is 0.420 e. The van der Waals surface area contributed by atoms with Gasteiger partial charge >= 0.3 is 11.7 Å². The van der Waals surface area contributed by atoms with E-state index in [0.717, 1.165) is 23.1 Å². The van der Waals surface area contributed by atoms with Crippen molar-refractivity contribution < 1.29 is 22.7 Å². The zero-order valence-electron chi connectivity index (χ0n) is 10.8. The van der Waals surface area contributed by atoms with E-state index in [1.807, 2.05) is 6.92 Å². The molecule has 1 heterocycles. The molecule has 0 atom stereocenters. The summed E-state index contributed by atoms with van der Waals surface area (Å²) in [7, 11) is 0. The summed E-state index contributed by atoms with van der Waals surface area (Å²) in [6, 6.07) is 1.98. The van der Waals surface area contributed by atoms with Crippen LogP contribution in [-0.2, 0) is 16.1 Å². The molecule has 5 nitrogen and oxygen atoms in total. The number of esters is 1. The van der Waals surface area contributed by atoms with Gasteiger partial charge in [0.05, 0.1) is 6.61 Å². The Morgan fingerprint density at radius 1 is 1.40 bits per heavy atom. The van der Waals surface area contributed by atoms with E-state index in [0.29, 0.717) is 6.42 Å². The minimum Gasteiger partial charge on any atom is -0.464 e. The molecule has 0 aliphatic carbocycles. The van der Waals surface area contributed by atoms with Crippen molar-refractivity contribution in [1.82, 2.24) is 4.57 Å². The molecular weight excluding hydrogens is 272 g/mol. The Morgan fingerprint density at radius 3 is 2.85 bits per heavy atom. The molecule has 7 heteroatoms. The molecule has 0 saturated carbocycles. The third-order valence-electron chi connectivity index (χ3n) is 2.77. The summed E-state index contributed by atoms with van der Waals surface area (Å²) in [4.78, 5) is 23.1. The summed E-state index contributed by atoms with van der Waals surface area (Å²) in [5.41, 5.74) is -0.488. The van der Waals surface area contributed by atoms with Gasteiger partial charge in [-0.25, -0.2) is 13.6 Å². The van der Waals surface area contributed by atoms with Gasteiger partial charge in [-0.1, -0.05) is 13.3 Å². The second-order valence-electron chi connectivity index (χ2n) is 4.24. The first-order valence-electron chi connectivity index (χ1n) is 6.17.